The van der Waals surface area contributed by atoms with Crippen LogP contribution in [0.1, 0.15) is 36.7 Å². The summed E-state index contributed by atoms with van der Waals surface area (Å²) in [5, 5.41) is 2.62. The van der Waals surface area contributed by atoms with Gasteiger partial charge in [0.15, 0.2) is 0 Å². The molecule has 0 aliphatic carbocycles. The van der Waals surface area contributed by atoms with Crippen molar-refractivity contribution in [2.24, 2.45) is 0 Å². The van der Waals surface area contributed by atoms with Crippen LogP contribution in [0.4, 0.5) is 10.1 Å². The minimum atomic E-state index is -3.66. The monoisotopic (exact) mass is 364 g/mol. The predicted octanol–water partition coefficient (Wildman–Crippen LogP) is 3.46. The van der Waals surface area contributed by atoms with Crippen molar-refractivity contribution in [3.8, 4) is 0 Å². The molecule has 5 nitrogen and oxygen atoms in total. The van der Waals surface area contributed by atoms with E-state index in [9.17, 15) is 17.6 Å². The molecule has 2 aromatic rings. The second-order valence-corrected chi connectivity index (χ2v) is 8.48. The Hall–Kier alpha value is -2.25. The first-order valence-corrected chi connectivity index (χ1v) is 9.18. The molecular weight excluding hydrogens is 343 g/mol. The van der Waals surface area contributed by atoms with E-state index in [1.165, 1.54) is 36.4 Å². The fraction of sp³-hybridized carbons (Fsp3) is 0.278. The average Bonchev–Trinajstić information content (AvgIpc) is 2.48. The number of hydrogen-bond acceptors (Lipinski definition) is 3. The van der Waals surface area contributed by atoms with Gasteiger partial charge in [-0.2, -0.15) is 0 Å². The van der Waals surface area contributed by atoms with Crippen LogP contribution in [0.2, 0.25) is 0 Å². The SMILES string of the molecule is Cc1ccc(F)cc1NC(=O)c1ccc(S(=O)(=O)NC(C)(C)C)cc1. The van der Waals surface area contributed by atoms with Crippen molar-refractivity contribution in [1.29, 1.82) is 0 Å². The Kier molecular flexibility index (Phi) is 5.29. The molecule has 0 saturated carbocycles. The summed E-state index contributed by atoms with van der Waals surface area (Å²) in [4.78, 5) is 12.3. The third-order valence-electron chi connectivity index (χ3n) is 3.32. The van der Waals surface area contributed by atoms with Crippen LogP contribution < -0.4 is 10.0 Å². The van der Waals surface area contributed by atoms with Crippen LogP contribution in [0.15, 0.2) is 47.4 Å². The largest absolute Gasteiger partial charge is 0.322 e. The molecule has 2 rings (SSSR count). The van der Waals surface area contributed by atoms with E-state index in [1.807, 2.05) is 0 Å². The van der Waals surface area contributed by atoms with Gasteiger partial charge in [-0.15, -0.1) is 0 Å². The summed E-state index contributed by atoms with van der Waals surface area (Å²) in [6, 6.07) is 9.68. The normalized spacial score (nSPS) is 12.0. The Morgan fingerprint density at radius 1 is 1.04 bits per heavy atom. The molecule has 25 heavy (non-hydrogen) atoms. The number of rotatable bonds is 4. The van der Waals surface area contributed by atoms with Crippen LogP contribution in [-0.4, -0.2) is 19.9 Å². The Morgan fingerprint density at radius 3 is 2.20 bits per heavy atom. The number of nitrogens with one attached hydrogen (secondary N) is 2. The zero-order valence-corrected chi connectivity index (χ0v) is 15.4. The van der Waals surface area contributed by atoms with Crippen LogP contribution in [0, 0.1) is 12.7 Å². The summed E-state index contributed by atoms with van der Waals surface area (Å²) in [6.45, 7) is 6.98. The Morgan fingerprint density at radius 2 is 1.64 bits per heavy atom. The molecule has 0 heterocycles. The number of benzene rings is 2. The summed E-state index contributed by atoms with van der Waals surface area (Å²) in [7, 11) is -3.66. The summed E-state index contributed by atoms with van der Waals surface area (Å²) < 4.78 is 40.3. The highest BCUT2D eigenvalue weighted by Gasteiger charge is 2.22. The molecule has 2 aromatic carbocycles. The van der Waals surface area contributed by atoms with Gasteiger partial charge in [-0.1, -0.05) is 6.07 Å². The van der Waals surface area contributed by atoms with Crippen molar-refractivity contribution in [3.05, 3.63) is 59.4 Å². The molecule has 1 amide bonds. The number of anilines is 1. The number of hydrogen-bond donors (Lipinski definition) is 2. The quantitative estimate of drug-likeness (QED) is 0.872. The van der Waals surface area contributed by atoms with Gasteiger partial charge in [-0.3, -0.25) is 4.79 Å². The second-order valence-electron chi connectivity index (χ2n) is 6.79. The molecule has 0 spiro atoms. The first-order chi connectivity index (χ1) is 11.5. The molecule has 0 saturated heterocycles. The fourth-order valence-corrected chi connectivity index (χ4v) is 3.59. The Bertz CT molecular complexity index is 886. The number of sulfonamides is 1. The lowest BCUT2D eigenvalue weighted by Gasteiger charge is -2.20. The maximum absolute atomic E-state index is 13.3. The average molecular weight is 364 g/mol. The van der Waals surface area contributed by atoms with Gasteiger partial charge in [-0.25, -0.2) is 17.5 Å². The summed E-state index contributed by atoms with van der Waals surface area (Å²) >= 11 is 0. The zero-order valence-electron chi connectivity index (χ0n) is 14.6. The fourth-order valence-electron chi connectivity index (χ4n) is 2.17. The van der Waals surface area contributed by atoms with Gasteiger partial charge in [0, 0.05) is 16.8 Å². The Labute approximate surface area is 147 Å². The van der Waals surface area contributed by atoms with Crippen molar-refractivity contribution in [2.75, 3.05) is 5.32 Å². The van der Waals surface area contributed by atoms with Crippen molar-refractivity contribution in [3.63, 3.8) is 0 Å². The summed E-state index contributed by atoms with van der Waals surface area (Å²) in [5.74, 6) is -0.892. The zero-order chi connectivity index (χ0) is 18.8. The maximum Gasteiger partial charge on any atom is 0.255 e. The molecule has 0 unspecified atom stereocenters. The van der Waals surface area contributed by atoms with Crippen molar-refractivity contribution < 1.29 is 17.6 Å². The lowest BCUT2D eigenvalue weighted by molar-refractivity contribution is 0.102. The third-order valence-corrected chi connectivity index (χ3v) is 5.09. The van der Waals surface area contributed by atoms with Crippen LogP contribution in [0.25, 0.3) is 0 Å². The highest BCUT2D eigenvalue weighted by atomic mass is 32.2. The van der Waals surface area contributed by atoms with Gasteiger partial charge in [0.05, 0.1) is 4.90 Å². The summed E-state index contributed by atoms with van der Waals surface area (Å²) in [5.41, 5.74) is 0.766. The first kappa shape index (κ1) is 19.1. The second kappa shape index (κ2) is 6.93. The molecule has 0 aliphatic rings. The van der Waals surface area contributed by atoms with E-state index in [0.29, 0.717) is 5.69 Å². The van der Waals surface area contributed by atoms with E-state index in [-0.39, 0.29) is 10.5 Å². The summed E-state index contributed by atoms with van der Waals surface area (Å²) in [6.07, 6.45) is 0. The standard InChI is InChI=1S/C18H21FN2O3S/c1-12-5-8-14(19)11-16(12)20-17(22)13-6-9-15(10-7-13)25(23,24)21-18(2,3)4/h5-11,21H,1-4H3,(H,20,22). The van der Waals surface area contributed by atoms with E-state index < -0.39 is 27.3 Å². The van der Waals surface area contributed by atoms with E-state index in [2.05, 4.69) is 10.0 Å². The number of amides is 1. The number of carbonyl (C=O) groups excluding carboxylic acids is 1. The molecular formula is C18H21FN2O3S. The van der Waals surface area contributed by atoms with Crippen LogP contribution in [-0.2, 0) is 10.0 Å². The molecule has 0 atom stereocenters. The van der Waals surface area contributed by atoms with Crippen LogP contribution >= 0.6 is 0 Å². The van der Waals surface area contributed by atoms with Gasteiger partial charge in [-0.05, 0) is 69.7 Å². The smallest absolute Gasteiger partial charge is 0.255 e. The minimum Gasteiger partial charge on any atom is -0.322 e. The van der Waals surface area contributed by atoms with Gasteiger partial charge >= 0.3 is 0 Å². The van der Waals surface area contributed by atoms with Gasteiger partial charge in [0.1, 0.15) is 5.82 Å². The molecule has 0 aromatic heterocycles. The molecule has 0 radical (unpaired) electrons. The topological polar surface area (TPSA) is 75.3 Å². The molecule has 2 N–H and O–H groups in total. The molecule has 0 aliphatic heterocycles. The molecule has 0 bridgehead atoms. The van der Waals surface area contributed by atoms with Crippen LogP contribution in [0.3, 0.4) is 0 Å². The van der Waals surface area contributed by atoms with E-state index in [4.69, 9.17) is 0 Å². The third kappa shape index (κ3) is 5.11. The number of halogens is 1. The maximum atomic E-state index is 13.3. The van der Waals surface area contributed by atoms with Gasteiger partial charge < -0.3 is 5.32 Å². The number of carbonyl (C=O) groups is 1. The number of aryl methyl sites for hydroxylation is 1. The van der Waals surface area contributed by atoms with Crippen molar-refractivity contribution in [2.45, 2.75) is 38.1 Å². The lowest BCUT2D eigenvalue weighted by Crippen LogP contribution is -2.40. The molecule has 0 fully saturated rings. The first-order valence-electron chi connectivity index (χ1n) is 7.69. The highest BCUT2D eigenvalue weighted by molar-refractivity contribution is 7.89. The van der Waals surface area contributed by atoms with Crippen molar-refractivity contribution >= 4 is 21.6 Å². The van der Waals surface area contributed by atoms with Crippen LogP contribution in [0.5, 0.6) is 0 Å². The minimum absolute atomic E-state index is 0.0703. The predicted molar refractivity (Wildman–Crippen MR) is 95.6 cm³/mol. The van der Waals surface area contributed by atoms with E-state index in [1.54, 1.807) is 33.8 Å². The molecule has 134 valence electrons. The van der Waals surface area contributed by atoms with E-state index >= 15 is 0 Å². The van der Waals surface area contributed by atoms with Gasteiger partial charge in [0.25, 0.3) is 5.91 Å². The van der Waals surface area contributed by atoms with Crippen molar-refractivity contribution in [1.82, 2.24) is 4.72 Å². The molecule has 7 heteroatoms. The Balaban J connectivity index is 2.19. The van der Waals surface area contributed by atoms with E-state index in [0.717, 1.165) is 5.56 Å². The highest BCUT2D eigenvalue weighted by Crippen LogP contribution is 2.18. The van der Waals surface area contributed by atoms with Gasteiger partial charge in [0.2, 0.25) is 10.0 Å². The lowest BCUT2D eigenvalue weighted by atomic mass is 10.1.